The maximum absolute atomic E-state index is 12.3. The topological polar surface area (TPSA) is 155 Å². The number of hydrogen-bond donors (Lipinski definition) is 3. The average Bonchev–Trinajstić information content (AvgIpc) is 2.71. The normalized spacial score (nSPS) is 26.0. The quantitative estimate of drug-likeness (QED) is 0.472. The van der Waals surface area contributed by atoms with Crippen LogP contribution < -0.4 is 5.73 Å². The van der Waals surface area contributed by atoms with Crippen LogP contribution in [0.25, 0.3) is 0 Å². The first kappa shape index (κ1) is 18.4. The van der Waals surface area contributed by atoms with E-state index in [2.05, 4.69) is 0 Å². The zero-order valence-corrected chi connectivity index (χ0v) is 14.1. The van der Waals surface area contributed by atoms with Crippen LogP contribution in [0, 0.1) is 5.92 Å². The minimum Gasteiger partial charge on any atom is -0.477 e. The van der Waals surface area contributed by atoms with Crippen molar-refractivity contribution in [3.05, 3.63) is 11.3 Å². The number of aliphatic carboxylic acids is 1. The smallest absolute Gasteiger partial charge is 0.352 e. The molecule has 0 saturated carbocycles. The molecule has 1 saturated heterocycles. The summed E-state index contributed by atoms with van der Waals surface area (Å²) in [7, 11) is -3.80. The molecule has 2 aliphatic rings. The summed E-state index contributed by atoms with van der Waals surface area (Å²) in [6.07, 6.45) is -1.23. The number of nitrogens with two attached hydrogens (primary N) is 1. The molecule has 0 aromatic carbocycles. The number of carbonyl (C=O) groups excluding carboxylic acids is 2. The number of carboxylic acids is 1. The summed E-state index contributed by atoms with van der Waals surface area (Å²) in [5.74, 6) is -3.97. The van der Waals surface area contributed by atoms with Gasteiger partial charge in [-0.05, 0) is 25.8 Å². The largest absolute Gasteiger partial charge is 0.477 e. The zero-order valence-electron chi connectivity index (χ0n) is 13.3. The summed E-state index contributed by atoms with van der Waals surface area (Å²) in [4.78, 5) is 35.5. The van der Waals surface area contributed by atoms with Crippen molar-refractivity contribution in [3.63, 3.8) is 0 Å². The van der Waals surface area contributed by atoms with Crippen LogP contribution in [-0.4, -0.2) is 64.5 Å². The van der Waals surface area contributed by atoms with Crippen LogP contribution in [0.2, 0.25) is 0 Å². The van der Waals surface area contributed by atoms with E-state index in [1.165, 1.54) is 13.8 Å². The lowest BCUT2D eigenvalue weighted by Crippen LogP contribution is -2.61. The predicted molar refractivity (Wildman–Crippen MR) is 82.1 cm³/mol. The van der Waals surface area contributed by atoms with E-state index in [1.807, 2.05) is 0 Å². The van der Waals surface area contributed by atoms with Crippen LogP contribution >= 0.6 is 0 Å². The van der Waals surface area contributed by atoms with Gasteiger partial charge in [-0.25, -0.2) is 13.2 Å². The predicted octanol–water partition coefficient (Wildman–Crippen LogP) is -1.38. The number of hydrogen-bond acceptors (Lipinski definition) is 6. The van der Waals surface area contributed by atoms with Crippen molar-refractivity contribution in [2.45, 2.75) is 44.1 Å². The highest BCUT2D eigenvalue weighted by Crippen LogP contribution is 2.44. The molecule has 0 aliphatic carbocycles. The molecule has 4 N–H and O–H groups in total. The van der Waals surface area contributed by atoms with Crippen molar-refractivity contribution in [2.75, 3.05) is 5.75 Å². The number of primary amides is 1. The van der Waals surface area contributed by atoms with Crippen LogP contribution in [0.15, 0.2) is 11.3 Å². The Morgan fingerprint density at radius 1 is 1.38 bits per heavy atom. The maximum atomic E-state index is 12.3. The Hall–Kier alpha value is -1.94. The minimum absolute atomic E-state index is 0.0749. The SMILES string of the molecule is CC(O)C1C(=O)N2C(C(=O)O)=C(CS(=O)(=O)C(C)CC(N)=O)CC12. The Labute approximate surface area is 139 Å². The first-order chi connectivity index (χ1) is 11.0. The van der Waals surface area contributed by atoms with Crippen molar-refractivity contribution in [3.8, 4) is 0 Å². The van der Waals surface area contributed by atoms with Crippen molar-refractivity contribution in [1.82, 2.24) is 4.90 Å². The molecule has 2 heterocycles. The van der Waals surface area contributed by atoms with Gasteiger partial charge in [-0.1, -0.05) is 0 Å². The van der Waals surface area contributed by atoms with Gasteiger partial charge in [-0.3, -0.25) is 9.59 Å². The standard InChI is InChI=1S/C14H20N2O7S/c1-6(3-10(15)18)24(22,23)5-8-4-9-11(7(2)17)13(19)16(9)12(8)14(20)21/h6-7,9,11,17H,3-5H2,1-2H3,(H2,15,18)(H,20,21). The number of carboxylic acid groups (broad SMARTS) is 1. The molecule has 24 heavy (non-hydrogen) atoms. The van der Waals surface area contributed by atoms with Gasteiger partial charge in [-0.2, -0.15) is 0 Å². The Bertz CT molecular complexity index is 725. The lowest BCUT2D eigenvalue weighted by molar-refractivity contribution is -0.161. The second-order valence-corrected chi connectivity index (χ2v) is 8.71. The highest BCUT2D eigenvalue weighted by molar-refractivity contribution is 7.92. The van der Waals surface area contributed by atoms with Gasteiger partial charge in [0.2, 0.25) is 11.8 Å². The molecule has 0 radical (unpaired) electrons. The lowest BCUT2D eigenvalue weighted by Gasteiger charge is -2.44. The molecular weight excluding hydrogens is 340 g/mol. The number of fused-ring (bicyclic) bond motifs is 1. The van der Waals surface area contributed by atoms with E-state index in [9.17, 15) is 33.0 Å². The summed E-state index contributed by atoms with van der Waals surface area (Å²) in [5, 5.41) is 17.9. The number of amides is 2. The molecule has 0 bridgehead atoms. The van der Waals surface area contributed by atoms with E-state index in [1.54, 1.807) is 0 Å². The number of sulfone groups is 1. The van der Waals surface area contributed by atoms with Crippen molar-refractivity contribution in [2.24, 2.45) is 11.7 Å². The highest BCUT2D eigenvalue weighted by atomic mass is 32.2. The van der Waals surface area contributed by atoms with E-state index >= 15 is 0 Å². The van der Waals surface area contributed by atoms with Crippen molar-refractivity contribution in [1.29, 1.82) is 0 Å². The summed E-state index contributed by atoms with van der Waals surface area (Å²) in [6, 6.07) is -0.541. The third-order valence-electron chi connectivity index (χ3n) is 4.50. The molecule has 9 nitrogen and oxygen atoms in total. The molecule has 0 aromatic heterocycles. The molecule has 0 spiro atoms. The molecule has 2 rings (SSSR count). The molecule has 4 unspecified atom stereocenters. The Morgan fingerprint density at radius 3 is 2.42 bits per heavy atom. The van der Waals surface area contributed by atoms with E-state index in [0.717, 1.165) is 4.90 Å². The van der Waals surface area contributed by atoms with Crippen LogP contribution in [0.5, 0.6) is 0 Å². The van der Waals surface area contributed by atoms with E-state index < -0.39 is 56.7 Å². The first-order valence-corrected chi connectivity index (χ1v) is 9.15. The van der Waals surface area contributed by atoms with E-state index in [-0.39, 0.29) is 24.1 Å². The molecule has 10 heteroatoms. The monoisotopic (exact) mass is 360 g/mol. The zero-order chi connectivity index (χ0) is 18.4. The Kier molecular flexibility index (Phi) is 4.73. The number of carbonyl (C=O) groups is 3. The Morgan fingerprint density at radius 2 is 1.96 bits per heavy atom. The summed E-state index contributed by atoms with van der Waals surface area (Å²) < 4.78 is 24.7. The number of aliphatic hydroxyl groups excluding tert-OH is 1. The lowest BCUT2D eigenvalue weighted by atomic mass is 9.83. The molecule has 1 fully saturated rings. The van der Waals surface area contributed by atoms with Gasteiger partial charge in [-0.15, -0.1) is 0 Å². The molecular formula is C14H20N2O7S. The first-order valence-electron chi connectivity index (χ1n) is 7.43. The third kappa shape index (κ3) is 3.03. The third-order valence-corrected chi connectivity index (χ3v) is 6.64. The van der Waals surface area contributed by atoms with Crippen LogP contribution in [0.1, 0.15) is 26.7 Å². The second kappa shape index (κ2) is 6.17. The van der Waals surface area contributed by atoms with Crippen molar-refractivity contribution < 1.29 is 33.0 Å². The highest BCUT2D eigenvalue weighted by Gasteiger charge is 2.56. The van der Waals surface area contributed by atoms with Gasteiger partial charge < -0.3 is 20.8 Å². The Balaban J connectivity index is 2.28. The number of aliphatic hydroxyl groups is 1. The molecule has 2 amide bonds. The maximum Gasteiger partial charge on any atom is 0.352 e. The van der Waals surface area contributed by atoms with Gasteiger partial charge in [0.25, 0.3) is 0 Å². The van der Waals surface area contributed by atoms with Crippen LogP contribution in [0.3, 0.4) is 0 Å². The van der Waals surface area contributed by atoms with Crippen LogP contribution in [0.4, 0.5) is 0 Å². The molecule has 0 aromatic rings. The number of rotatable bonds is 7. The van der Waals surface area contributed by atoms with Crippen molar-refractivity contribution >= 4 is 27.6 Å². The van der Waals surface area contributed by atoms with E-state index in [0.29, 0.717) is 0 Å². The van der Waals surface area contributed by atoms with Crippen LogP contribution in [-0.2, 0) is 24.2 Å². The second-order valence-electron chi connectivity index (χ2n) is 6.29. The minimum atomic E-state index is -3.80. The van der Waals surface area contributed by atoms with Gasteiger partial charge >= 0.3 is 5.97 Å². The fraction of sp³-hybridized carbons (Fsp3) is 0.643. The van der Waals surface area contributed by atoms with Gasteiger partial charge in [0.1, 0.15) is 5.70 Å². The van der Waals surface area contributed by atoms with Gasteiger partial charge in [0.15, 0.2) is 9.84 Å². The summed E-state index contributed by atoms with van der Waals surface area (Å²) in [5.41, 5.74) is 4.78. The summed E-state index contributed by atoms with van der Waals surface area (Å²) in [6.45, 7) is 2.76. The van der Waals surface area contributed by atoms with E-state index in [4.69, 9.17) is 5.73 Å². The summed E-state index contributed by atoms with van der Waals surface area (Å²) >= 11 is 0. The van der Waals surface area contributed by atoms with Gasteiger partial charge in [0, 0.05) is 6.42 Å². The average molecular weight is 360 g/mol. The molecule has 2 aliphatic heterocycles. The fourth-order valence-electron chi connectivity index (χ4n) is 3.29. The number of β-lactam (4-membered cyclic amide) rings is 1. The molecule has 134 valence electrons. The van der Waals surface area contributed by atoms with Gasteiger partial charge in [0.05, 0.1) is 29.1 Å². The number of nitrogens with zero attached hydrogens (tertiary/aromatic N) is 1. The molecule has 4 atom stereocenters. The fourth-order valence-corrected chi connectivity index (χ4v) is 4.73.